The zero-order valence-electron chi connectivity index (χ0n) is 12.3. The van der Waals surface area contributed by atoms with Gasteiger partial charge in [0.1, 0.15) is 5.75 Å². The van der Waals surface area contributed by atoms with Crippen LogP contribution in [-0.2, 0) is 0 Å². The molecule has 1 aromatic carbocycles. The molecule has 2 N–H and O–H groups in total. The van der Waals surface area contributed by atoms with E-state index < -0.39 is 5.60 Å². The van der Waals surface area contributed by atoms with Crippen LogP contribution in [0.2, 0.25) is 0 Å². The molecule has 110 valence electrons. The number of hydrogen-bond acceptors (Lipinski definition) is 3. The van der Waals surface area contributed by atoms with E-state index >= 15 is 0 Å². The fraction of sp³-hybridized carbons (Fsp3) is 0.647. The monoisotopic (exact) mass is 275 g/mol. The molecular formula is C17H25NO2. The molecule has 3 nitrogen and oxygen atoms in total. The van der Waals surface area contributed by atoms with E-state index in [0.717, 1.165) is 30.7 Å². The molecule has 0 spiro atoms. The van der Waals surface area contributed by atoms with Gasteiger partial charge in [-0.1, -0.05) is 19.3 Å². The third-order valence-corrected chi connectivity index (χ3v) is 5.17. The first-order chi connectivity index (χ1) is 9.72. The first-order valence-corrected chi connectivity index (χ1v) is 7.85. The minimum absolute atomic E-state index is 0.190. The molecule has 2 saturated carbocycles. The van der Waals surface area contributed by atoms with E-state index in [9.17, 15) is 5.11 Å². The van der Waals surface area contributed by atoms with Crippen LogP contribution in [0.3, 0.4) is 0 Å². The SMILES string of the molecule is COc1ccc(N[C@H]2CCC[C@H]3CCCC[C@@]32O)cc1. The van der Waals surface area contributed by atoms with E-state index in [4.69, 9.17) is 4.74 Å². The molecule has 3 rings (SSSR count). The van der Waals surface area contributed by atoms with Crippen LogP contribution in [-0.4, -0.2) is 23.9 Å². The third kappa shape index (κ3) is 2.51. The highest BCUT2D eigenvalue weighted by Gasteiger charge is 2.47. The maximum absolute atomic E-state index is 11.1. The number of ether oxygens (including phenoxy) is 1. The summed E-state index contributed by atoms with van der Waals surface area (Å²) >= 11 is 0. The molecule has 3 heteroatoms. The number of benzene rings is 1. The summed E-state index contributed by atoms with van der Waals surface area (Å²) in [6.45, 7) is 0. The van der Waals surface area contributed by atoms with Gasteiger partial charge in [0, 0.05) is 5.69 Å². The Kier molecular flexibility index (Phi) is 3.88. The second kappa shape index (κ2) is 5.65. The van der Waals surface area contributed by atoms with E-state index in [1.165, 1.54) is 25.7 Å². The summed E-state index contributed by atoms with van der Waals surface area (Å²) in [5.41, 5.74) is 0.576. The number of methoxy groups -OCH3 is 1. The molecule has 0 amide bonds. The normalized spacial score (nSPS) is 33.3. The van der Waals surface area contributed by atoms with E-state index in [-0.39, 0.29) is 6.04 Å². The number of nitrogens with one attached hydrogen (secondary N) is 1. The van der Waals surface area contributed by atoms with Crippen molar-refractivity contribution in [2.24, 2.45) is 5.92 Å². The maximum atomic E-state index is 11.1. The second-order valence-electron chi connectivity index (χ2n) is 6.29. The second-order valence-corrected chi connectivity index (χ2v) is 6.29. The average molecular weight is 275 g/mol. The van der Waals surface area contributed by atoms with Gasteiger partial charge in [-0.25, -0.2) is 0 Å². The number of hydrogen-bond donors (Lipinski definition) is 2. The van der Waals surface area contributed by atoms with Gasteiger partial charge in [0.05, 0.1) is 18.8 Å². The lowest BCUT2D eigenvalue weighted by atomic mass is 9.65. The van der Waals surface area contributed by atoms with Crippen molar-refractivity contribution in [3.63, 3.8) is 0 Å². The van der Waals surface area contributed by atoms with Gasteiger partial charge in [-0.05, 0) is 55.9 Å². The molecule has 1 aromatic rings. The predicted octanol–water partition coefficient (Wildman–Crippen LogP) is 3.58. The van der Waals surface area contributed by atoms with E-state index in [1.807, 2.05) is 24.3 Å². The van der Waals surface area contributed by atoms with Gasteiger partial charge in [0.25, 0.3) is 0 Å². The van der Waals surface area contributed by atoms with Crippen LogP contribution >= 0.6 is 0 Å². The minimum Gasteiger partial charge on any atom is -0.497 e. The number of fused-ring (bicyclic) bond motifs is 1. The molecule has 0 aromatic heterocycles. The zero-order valence-corrected chi connectivity index (χ0v) is 12.3. The van der Waals surface area contributed by atoms with Crippen molar-refractivity contribution < 1.29 is 9.84 Å². The Bertz CT molecular complexity index is 443. The fourth-order valence-electron chi connectivity index (χ4n) is 4.01. The molecule has 2 aliphatic carbocycles. The highest BCUT2D eigenvalue weighted by atomic mass is 16.5. The summed E-state index contributed by atoms with van der Waals surface area (Å²) < 4.78 is 5.19. The van der Waals surface area contributed by atoms with Gasteiger partial charge in [0.2, 0.25) is 0 Å². The van der Waals surface area contributed by atoms with Crippen molar-refractivity contribution in [1.29, 1.82) is 0 Å². The first-order valence-electron chi connectivity index (χ1n) is 7.85. The van der Waals surface area contributed by atoms with Crippen LogP contribution in [0.15, 0.2) is 24.3 Å². The Morgan fingerprint density at radius 3 is 2.60 bits per heavy atom. The highest BCUT2D eigenvalue weighted by Crippen LogP contribution is 2.44. The van der Waals surface area contributed by atoms with E-state index in [1.54, 1.807) is 7.11 Å². The van der Waals surface area contributed by atoms with Crippen LogP contribution in [0.5, 0.6) is 5.75 Å². The number of anilines is 1. The van der Waals surface area contributed by atoms with Gasteiger partial charge in [-0.2, -0.15) is 0 Å². The van der Waals surface area contributed by atoms with Crippen molar-refractivity contribution in [3.05, 3.63) is 24.3 Å². The van der Waals surface area contributed by atoms with E-state index in [2.05, 4.69) is 5.32 Å². The van der Waals surface area contributed by atoms with Crippen LogP contribution in [0.25, 0.3) is 0 Å². The van der Waals surface area contributed by atoms with Crippen molar-refractivity contribution >= 4 is 5.69 Å². The standard InChI is InChI=1S/C17H25NO2/c1-20-15-10-8-14(9-11-15)18-16-7-4-6-13-5-2-3-12-17(13,16)19/h8-11,13,16,18-19H,2-7,12H2,1H3/t13-,16+,17-/m1/s1. The molecule has 0 saturated heterocycles. The molecule has 0 radical (unpaired) electrons. The van der Waals surface area contributed by atoms with Crippen LogP contribution in [0.1, 0.15) is 44.9 Å². The molecular weight excluding hydrogens is 250 g/mol. The molecule has 0 heterocycles. The van der Waals surface area contributed by atoms with Gasteiger partial charge >= 0.3 is 0 Å². The van der Waals surface area contributed by atoms with Gasteiger partial charge in [0.15, 0.2) is 0 Å². The van der Waals surface area contributed by atoms with Gasteiger partial charge in [-0.15, -0.1) is 0 Å². The third-order valence-electron chi connectivity index (χ3n) is 5.17. The van der Waals surface area contributed by atoms with Crippen molar-refractivity contribution in [1.82, 2.24) is 0 Å². The van der Waals surface area contributed by atoms with Gasteiger partial charge < -0.3 is 15.2 Å². The summed E-state index contributed by atoms with van der Waals surface area (Å²) in [7, 11) is 1.68. The Morgan fingerprint density at radius 1 is 1.10 bits per heavy atom. The van der Waals surface area contributed by atoms with Crippen LogP contribution < -0.4 is 10.1 Å². The summed E-state index contributed by atoms with van der Waals surface area (Å²) in [6, 6.07) is 8.19. The summed E-state index contributed by atoms with van der Waals surface area (Å²) in [5, 5.41) is 14.7. The smallest absolute Gasteiger partial charge is 0.119 e. The largest absolute Gasteiger partial charge is 0.497 e. The van der Waals surface area contributed by atoms with Gasteiger partial charge in [-0.3, -0.25) is 0 Å². The predicted molar refractivity (Wildman–Crippen MR) is 81.2 cm³/mol. The molecule has 0 unspecified atom stereocenters. The Hall–Kier alpha value is -1.22. The highest BCUT2D eigenvalue weighted by molar-refractivity contribution is 5.47. The summed E-state index contributed by atoms with van der Waals surface area (Å²) in [4.78, 5) is 0. The molecule has 3 atom stereocenters. The number of rotatable bonds is 3. The van der Waals surface area contributed by atoms with Crippen molar-refractivity contribution in [2.75, 3.05) is 12.4 Å². The first kappa shape index (κ1) is 13.7. The lowest BCUT2D eigenvalue weighted by Gasteiger charge is -2.49. The fourth-order valence-corrected chi connectivity index (χ4v) is 4.01. The average Bonchev–Trinajstić information content (AvgIpc) is 2.49. The lowest BCUT2D eigenvalue weighted by Crippen LogP contribution is -2.56. The zero-order chi connectivity index (χ0) is 14.0. The summed E-state index contributed by atoms with van der Waals surface area (Å²) in [5.74, 6) is 1.36. The molecule has 20 heavy (non-hydrogen) atoms. The molecule has 2 aliphatic rings. The lowest BCUT2D eigenvalue weighted by molar-refractivity contribution is -0.0835. The quantitative estimate of drug-likeness (QED) is 0.886. The Labute approximate surface area is 121 Å². The number of aliphatic hydroxyl groups is 1. The summed E-state index contributed by atoms with van der Waals surface area (Å²) in [6.07, 6.45) is 8.07. The molecule has 2 fully saturated rings. The maximum Gasteiger partial charge on any atom is 0.119 e. The van der Waals surface area contributed by atoms with E-state index in [0.29, 0.717) is 5.92 Å². The topological polar surface area (TPSA) is 41.5 Å². The van der Waals surface area contributed by atoms with Crippen molar-refractivity contribution in [3.8, 4) is 5.75 Å². The van der Waals surface area contributed by atoms with Crippen molar-refractivity contribution in [2.45, 2.75) is 56.6 Å². The Balaban J connectivity index is 1.74. The van der Waals surface area contributed by atoms with Crippen LogP contribution in [0, 0.1) is 5.92 Å². The minimum atomic E-state index is -0.504. The Morgan fingerprint density at radius 2 is 1.85 bits per heavy atom. The molecule has 0 bridgehead atoms. The molecule has 0 aliphatic heterocycles. The van der Waals surface area contributed by atoms with Crippen LogP contribution in [0.4, 0.5) is 5.69 Å².